The van der Waals surface area contributed by atoms with Crippen molar-refractivity contribution >= 4 is 0 Å². The first-order valence-electron chi connectivity index (χ1n) is 1.41. The molecule has 20 heavy (non-hydrogen) atoms. The summed E-state index contributed by atoms with van der Waals surface area (Å²) in [6.45, 7) is 10.0. The average Bonchev–Trinajstić information content (AvgIpc) is 1.50. The summed E-state index contributed by atoms with van der Waals surface area (Å²) >= 11 is 0. The minimum absolute atomic E-state index is 0. The van der Waals surface area contributed by atoms with Crippen LogP contribution in [0.2, 0.25) is 0 Å². The fourth-order valence-electron chi connectivity index (χ4n) is 0. The third-order valence-electron chi connectivity index (χ3n) is 0. The molecule has 1 radical (unpaired) electrons. The van der Waals surface area contributed by atoms with Gasteiger partial charge in [0.25, 0.3) is 0 Å². The molecule has 0 heterocycles. The quantitative estimate of drug-likeness (QED) is 0.255. The van der Waals surface area contributed by atoms with Crippen molar-refractivity contribution in [1.29, 1.82) is 0 Å². The van der Waals surface area contributed by atoms with Crippen LogP contribution in [0.15, 0.2) is 0 Å². The van der Waals surface area contributed by atoms with Gasteiger partial charge < -0.3 is 88.1 Å². The first kappa shape index (κ1) is 244. The van der Waals surface area contributed by atoms with Gasteiger partial charge in [-0.1, -0.05) is 0 Å². The molecule has 0 spiro atoms. The molecule has 0 aromatic heterocycles. The normalized spacial score (nSPS) is 0.600. The van der Waals surface area contributed by atoms with Crippen LogP contribution in [0, 0.1) is 275 Å². The molecule has 0 rings (SSSR count). The Bertz CT molecular complexity index is 17.6. The van der Waals surface area contributed by atoms with E-state index >= 15 is 0 Å². The van der Waals surface area contributed by atoms with Gasteiger partial charge >= 0.3 is 156 Å². The van der Waals surface area contributed by atoms with Crippen LogP contribution < -0.4 is 0 Å². The van der Waals surface area contributed by atoms with Gasteiger partial charge in [0.1, 0.15) is 0 Å². The molecular formula is C14H40U6-. The molecule has 0 aliphatic carbocycles. The van der Waals surface area contributed by atoms with Gasteiger partial charge in [-0.2, -0.15) is 13.8 Å². The van der Waals surface area contributed by atoms with Crippen LogP contribution in [0.3, 0.4) is 0 Å². The molecule has 0 fully saturated rings. The summed E-state index contributed by atoms with van der Waals surface area (Å²) in [7, 11) is 0. The summed E-state index contributed by atoms with van der Waals surface area (Å²) in [5, 5.41) is 0. The Kier molecular flexibility index (Phi) is 4580. The fraction of sp³-hybridized carbons (Fsp3) is 0.143. The van der Waals surface area contributed by atoms with Gasteiger partial charge in [-0.05, 0) is 0 Å². The van der Waals surface area contributed by atoms with E-state index in [1.54, 1.807) is 13.8 Å². The van der Waals surface area contributed by atoms with Gasteiger partial charge in [-0.15, -0.1) is 0 Å². The summed E-state index contributed by atoms with van der Waals surface area (Å²) in [6.07, 6.45) is 0. The van der Waals surface area contributed by atoms with Crippen molar-refractivity contribution in [1.82, 2.24) is 0 Å². The summed E-state index contributed by atoms with van der Waals surface area (Å²) in [6, 6.07) is 0. The molecular weight excluding hydrogens is 1600 g/mol. The van der Waals surface area contributed by atoms with Crippen LogP contribution in [-0.2, 0) is 0 Å². The van der Waals surface area contributed by atoms with Gasteiger partial charge in [0, 0.05) is 31.1 Å². The largest absolute Gasteiger partial charge is 3.00 e. The van der Waals surface area contributed by atoms with E-state index in [2.05, 4.69) is 13.8 Å². The third-order valence-corrected chi connectivity index (χ3v) is 0. The first-order valence-corrected chi connectivity index (χ1v) is 1.41. The van der Waals surface area contributed by atoms with Crippen LogP contribution in [0.25, 0.3) is 0 Å². The van der Waals surface area contributed by atoms with E-state index in [-0.39, 0.29) is 261 Å². The maximum absolute atomic E-state index is 3.25. The van der Waals surface area contributed by atoms with E-state index in [4.69, 9.17) is 0 Å². The van der Waals surface area contributed by atoms with E-state index in [0.717, 1.165) is 0 Å². The second kappa shape index (κ2) is 376. The Morgan fingerprint density at radius 1 is 0.350 bits per heavy atom. The average molecular weight is 1640 g/mol. The second-order valence-corrected chi connectivity index (χ2v) is 0. The van der Waals surface area contributed by atoms with E-state index in [1.807, 2.05) is 0 Å². The molecule has 0 nitrogen and oxygen atoms in total. The molecule has 0 saturated heterocycles. The summed E-state index contributed by atoms with van der Waals surface area (Å²) in [5.41, 5.74) is 0. The molecule has 0 bridgehead atoms. The molecule has 0 unspecified atom stereocenters. The predicted octanol–water partition coefficient (Wildman–Crippen LogP) is 6.18. The van der Waals surface area contributed by atoms with E-state index in [9.17, 15) is 0 Å². The van der Waals surface area contributed by atoms with Crippen LogP contribution in [-0.4, -0.2) is 0 Å². The standard InChI is InChI=1S/2C2H5.10CH3.6U/c2*1-2;;;;;;;;;;;;;;;;/h2*1H2,2H3;10*1H3;;;;;;/q12*-1;;4*+2;+3. The molecule has 0 saturated carbocycles. The molecule has 0 aromatic carbocycles. The maximum atomic E-state index is 3.25. The van der Waals surface area contributed by atoms with Crippen molar-refractivity contribution in [3.63, 3.8) is 0 Å². The van der Waals surface area contributed by atoms with Crippen molar-refractivity contribution in [3.05, 3.63) is 88.1 Å². The Morgan fingerprint density at radius 3 is 0.350 bits per heavy atom. The van der Waals surface area contributed by atoms with Crippen molar-refractivity contribution in [2.45, 2.75) is 13.8 Å². The zero-order chi connectivity index (χ0) is 4.00. The first-order chi connectivity index (χ1) is 2.00. The van der Waals surface area contributed by atoms with Gasteiger partial charge in [-0.25, -0.2) is 0 Å². The summed E-state index contributed by atoms with van der Waals surface area (Å²) in [4.78, 5) is 0. The van der Waals surface area contributed by atoms with E-state index in [1.165, 1.54) is 0 Å². The smallest absolute Gasteiger partial charge is 0.358 e. The summed E-state index contributed by atoms with van der Waals surface area (Å²) < 4.78 is 0. The summed E-state index contributed by atoms with van der Waals surface area (Å²) in [5.74, 6) is 0. The topological polar surface area (TPSA) is 0 Å². The Morgan fingerprint density at radius 2 is 0.350 bits per heavy atom. The minimum atomic E-state index is 0. The van der Waals surface area contributed by atoms with Crippen LogP contribution in [0.4, 0.5) is 0 Å². The second-order valence-electron chi connectivity index (χ2n) is 0. The van der Waals surface area contributed by atoms with Crippen molar-refractivity contribution in [2.75, 3.05) is 0 Å². The number of hydrogen-bond donors (Lipinski definition) is 0. The Hall–Kier alpha value is 6.31. The molecule has 0 N–H and O–H groups in total. The zero-order valence-corrected chi connectivity index (χ0v) is 41.4. The van der Waals surface area contributed by atoms with Crippen LogP contribution in [0.5, 0.6) is 0 Å². The molecule has 121 valence electrons. The molecule has 0 aromatic rings. The molecule has 6 heteroatoms. The van der Waals surface area contributed by atoms with Crippen molar-refractivity contribution in [3.8, 4) is 0 Å². The molecule has 0 aliphatic rings. The van der Waals surface area contributed by atoms with Gasteiger partial charge in [0.05, 0.1) is 0 Å². The van der Waals surface area contributed by atoms with Gasteiger partial charge in [0.15, 0.2) is 0 Å². The number of rotatable bonds is 0. The van der Waals surface area contributed by atoms with Crippen molar-refractivity contribution < 1.29 is 187 Å². The molecule has 0 aliphatic heterocycles. The number of hydrogen-bond acceptors (Lipinski definition) is 0. The monoisotopic (exact) mass is 1640 g/mol. The van der Waals surface area contributed by atoms with E-state index < -0.39 is 0 Å². The van der Waals surface area contributed by atoms with Gasteiger partial charge in [-0.3, -0.25) is 0 Å². The molecule has 0 atom stereocenters. The Labute approximate surface area is 282 Å². The molecule has 0 amide bonds. The predicted molar refractivity (Wildman–Crippen MR) is 86.2 cm³/mol. The van der Waals surface area contributed by atoms with Gasteiger partial charge in [0.2, 0.25) is 0 Å². The fourth-order valence-corrected chi connectivity index (χ4v) is 0. The maximum Gasteiger partial charge on any atom is 3.00 e. The van der Waals surface area contributed by atoms with Crippen LogP contribution >= 0.6 is 0 Å². The SMILES string of the molecule is [CH2-]C.[CH2-]C.[CH3-].[CH3-].[CH3-].[CH3-].[CH3-].[CH3-].[CH3-].[CH3-].[CH3-].[CH3-].[U+2].[U+2].[U+2].[U+2].[U+3].[U]. The van der Waals surface area contributed by atoms with E-state index in [0.29, 0.717) is 0 Å². The zero-order valence-electron chi connectivity index (χ0n) is 16.4. The van der Waals surface area contributed by atoms with Crippen molar-refractivity contribution in [2.24, 2.45) is 0 Å². The minimum Gasteiger partial charge on any atom is -0.358 e. The van der Waals surface area contributed by atoms with Crippen LogP contribution in [0.1, 0.15) is 13.8 Å². The third kappa shape index (κ3) is 332. The Balaban J connectivity index is -0.000000000139.